The van der Waals surface area contributed by atoms with E-state index >= 15 is 0 Å². The summed E-state index contributed by atoms with van der Waals surface area (Å²) in [4.78, 5) is 30.6. The van der Waals surface area contributed by atoms with Crippen molar-refractivity contribution >= 4 is 34.5 Å². The van der Waals surface area contributed by atoms with Gasteiger partial charge in [0.05, 0.1) is 16.3 Å². The molecule has 0 unspecified atom stereocenters. The predicted octanol–water partition coefficient (Wildman–Crippen LogP) is 5.92. The van der Waals surface area contributed by atoms with Gasteiger partial charge in [0.2, 0.25) is 17.6 Å². The second-order valence-electron chi connectivity index (χ2n) is 8.86. The van der Waals surface area contributed by atoms with Crippen LogP contribution in [-0.4, -0.2) is 22.0 Å². The number of nitrogens with zero attached hydrogens (tertiary/aromatic N) is 2. The number of thiophene rings is 1. The highest BCUT2D eigenvalue weighted by molar-refractivity contribution is 7.13. The first-order valence-electron chi connectivity index (χ1n) is 11.0. The fourth-order valence-corrected chi connectivity index (χ4v) is 3.96. The third kappa shape index (κ3) is 5.77. The summed E-state index contributed by atoms with van der Waals surface area (Å²) < 4.78 is 5.25. The topological polar surface area (TPSA) is 97.1 Å². The van der Waals surface area contributed by atoms with Crippen LogP contribution in [0.15, 0.2) is 70.6 Å². The minimum absolute atomic E-state index is 0.0125. The number of carbonyl (C=O) groups excluding carboxylic acids is 2. The summed E-state index contributed by atoms with van der Waals surface area (Å²) >= 11 is 1.52. The van der Waals surface area contributed by atoms with Crippen molar-refractivity contribution in [1.82, 2.24) is 10.1 Å². The molecule has 0 fully saturated rings. The van der Waals surface area contributed by atoms with Gasteiger partial charge in [0, 0.05) is 18.4 Å². The van der Waals surface area contributed by atoms with Gasteiger partial charge in [-0.25, -0.2) is 0 Å². The van der Waals surface area contributed by atoms with Crippen molar-refractivity contribution < 1.29 is 14.1 Å². The smallest absolute Gasteiger partial charge is 0.255 e. The first-order chi connectivity index (χ1) is 16.3. The Balaban J connectivity index is 1.36. The van der Waals surface area contributed by atoms with Gasteiger partial charge in [0.1, 0.15) is 0 Å². The third-order valence-corrected chi connectivity index (χ3v) is 6.10. The van der Waals surface area contributed by atoms with E-state index in [9.17, 15) is 9.59 Å². The monoisotopic (exact) mass is 474 g/mol. The number of benzene rings is 2. The van der Waals surface area contributed by atoms with Crippen LogP contribution in [0.25, 0.3) is 10.7 Å². The lowest BCUT2D eigenvalue weighted by molar-refractivity contribution is -0.116. The van der Waals surface area contributed by atoms with Crippen LogP contribution in [0.2, 0.25) is 0 Å². The summed E-state index contributed by atoms with van der Waals surface area (Å²) in [5.41, 5.74) is 2.77. The number of rotatable bonds is 7. The van der Waals surface area contributed by atoms with Crippen molar-refractivity contribution in [1.29, 1.82) is 0 Å². The number of amides is 2. The van der Waals surface area contributed by atoms with Crippen LogP contribution in [0.3, 0.4) is 0 Å². The number of para-hydroxylation sites is 2. The van der Waals surface area contributed by atoms with Crippen molar-refractivity contribution in [3.8, 4) is 10.7 Å². The van der Waals surface area contributed by atoms with Gasteiger partial charge < -0.3 is 15.2 Å². The maximum Gasteiger partial charge on any atom is 0.255 e. The van der Waals surface area contributed by atoms with Crippen molar-refractivity contribution in [2.24, 2.45) is 0 Å². The van der Waals surface area contributed by atoms with Crippen LogP contribution in [0.1, 0.15) is 49.0 Å². The molecule has 0 bridgehead atoms. The van der Waals surface area contributed by atoms with E-state index in [2.05, 4.69) is 41.5 Å². The maximum atomic E-state index is 12.8. The molecule has 4 rings (SSSR count). The Hall–Kier alpha value is -3.78. The van der Waals surface area contributed by atoms with E-state index in [4.69, 9.17) is 4.52 Å². The van der Waals surface area contributed by atoms with Gasteiger partial charge in [-0.05, 0) is 46.7 Å². The van der Waals surface area contributed by atoms with Crippen LogP contribution < -0.4 is 10.6 Å². The number of aromatic nitrogens is 2. The zero-order valence-electron chi connectivity index (χ0n) is 19.3. The Morgan fingerprint density at radius 2 is 1.65 bits per heavy atom. The number of aryl methyl sites for hydroxylation is 1. The van der Waals surface area contributed by atoms with Gasteiger partial charge in [-0.2, -0.15) is 4.98 Å². The van der Waals surface area contributed by atoms with Crippen molar-refractivity contribution in [2.75, 3.05) is 10.6 Å². The highest BCUT2D eigenvalue weighted by Crippen LogP contribution is 2.25. The van der Waals surface area contributed by atoms with E-state index in [1.807, 2.05) is 41.8 Å². The Bertz CT molecular complexity index is 1270. The molecule has 0 aliphatic heterocycles. The molecule has 0 saturated heterocycles. The molecule has 2 heterocycles. The second-order valence-corrected chi connectivity index (χ2v) is 9.81. The van der Waals surface area contributed by atoms with Crippen molar-refractivity contribution in [3.05, 3.63) is 83.1 Å². The van der Waals surface area contributed by atoms with E-state index in [0.717, 1.165) is 10.4 Å². The Morgan fingerprint density at radius 1 is 0.941 bits per heavy atom. The first kappa shape index (κ1) is 23.4. The Labute approximate surface area is 202 Å². The van der Waals surface area contributed by atoms with Crippen LogP contribution in [-0.2, 0) is 16.6 Å². The minimum atomic E-state index is -0.242. The lowest BCUT2D eigenvalue weighted by Gasteiger charge is -2.19. The van der Waals surface area contributed by atoms with Crippen molar-refractivity contribution in [2.45, 2.75) is 39.0 Å². The largest absolute Gasteiger partial charge is 0.339 e. The summed E-state index contributed by atoms with van der Waals surface area (Å²) in [5.74, 6) is 0.467. The average molecular weight is 475 g/mol. The fraction of sp³-hybridized carbons (Fsp3) is 0.231. The third-order valence-electron chi connectivity index (χ3n) is 5.24. The van der Waals surface area contributed by atoms with E-state index in [1.54, 1.807) is 24.3 Å². The molecule has 2 amide bonds. The summed E-state index contributed by atoms with van der Waals surface area (Å²) in [7, 11) is 0. The highest BCUT2D eigenvalue weighted by atomic mass is 32.1. The fourth-order valence-electron chi connectivity index (χ4n) is 3.31. The number of anilines is 2. The van der Waals surface area contributed by atoms with E-state index in [-0.39, 0.29) is 23.7 Å². The lowest BCUT2D eigenvalue weighted by atomic mass is 9.87. The first-order valence-corrected chi connectivity index (χ1v) is 11.8. The Morgan fingerprint density at radius 3 is 2.29 bits per heavy atom. The zero-order valence-corrected chi connectivity index (χ0v) is 20.1. The van der Waals surface area contributed by atoms with Gasteiger partial charge in [-0.1, -0.05) is 56.3 Å². The number of nitrogens with one attached hydrogen (secondary N) is 2. The maximum absolute atomic E-state index is 12.8. The van der Waals surface area contributed by atoms with Gasteiger partial charge in [0.15, 0.2) is 0 Å². The average Bonchev–Trinajstić information content (AvgIpc) is 3.50. The molecule has 0 saturated carbocycles. The summed E-state index contributed by atoms with van der Waals surface area (Å²) in [6, 6.07) is 18.5. The molecule has 0 atom stereocenters. The summed E-state index contributed by atoms with van der Waals surface area (Å²) in [6.07, 6.45) is 0.488. The molecule has 34 heavy (non-hydrogen) atoms. The molecular formula is C26H26N4O3S. The highest BCUT2D eigenvalue weighted by Gasteiger charge is 2.16. The molecule has 0 aliphatic rings. The van der Waals surface area contributed by atoms with Crippen LogP contribution >= 0.6 is 11.3 Å². The predicted molar refractivity (Wildman–Crippen MR) is 134 cm³/mol. The Kier molecular flexibility index (Phi) is 6.88. The van der Waals surface area contributed by atoms with Gasteiger partial charge >= 0.3 is 0 Å². The molecule has 4 aromatic rings. The van der Waals surface area contributed by atoms with Crippen LogP contribution in [0.4, 0.5) is 11.4 Å². The van der Waals surface area contributed by atoms with Crippen molar-refractivity contribution in [3.63, 3.8) is 0 Å². The summed E-state index contributed by atoms with van der Waals surface area (Å²) in [5, 5.41) is 11.6. The van der Waals surface area contributed by atoms with E-state index < -0.39 is 0 Å². The molecule has 2 N–H and O–H groups in total. The molecular weight excluding hydrogens is 448 g/mol. The molecule has 2 aromatic heterocycles. The molecule has 8 heteroatoms. The number of hydrogen-bond acceptors (Lipinski definition) is 6. The number of hydrogen-bond donors (Lipinski definition) is 2. The van der Waals surface area contributed by atoms with E-state index in [1.165, 1.54) is 11.3 Å². The molecule has 7 nitrogen and oxygen atoms in total. The van der Waals surface area contributed by atoms with Gasteiger partial charge in [-0.15, -0.1) is 11.3 Å². The zero-order chi connectivity index (χ0) is 24.1. The van der Waals surface area contributed by atoms with Crippen LogP contribution in [0.5, 0.6) is 0 Å². The van der Waals surface area contributed by atoms with Crippen LogP contribution in [0, 0.1) is 0 Å². The molecule has 2 aromatic carbocycles. The number of carbonyl (C=O) groups is 2. The van der Waals surface area contributed by atoms with E-state index in [0.29, 0.717) is 35.1 Å². The minimum Gasteiger partial charge on any atom is -0.339 e. The molecule has 0 aliphatic carbocycles. The molecule has 174 valence electrons. The lowest BCUT2D eigenvalue weighted by Crippen LogP contribution is -2.17. The second kappa shape index (κ2) is 10.0. The molecule has 0 spiro atoms. The SMILES string of the molecule is CC(C)(C)c1ccc(C(=O)Nc2ccccc2NC(=O)CCc2nc(-c3cccs3)no2)cc1. The quantitative estimate of drug-likeness (QED) is 0.347. The van der Waals surface area contributed by atoms with Gasteiger partial charge in [0.25, 0.3) is 5.91 Å². The standard InChI is InChI=1S/C26H26N4O3S/c1-26(2,3)18-12-10-17(11-13-18)25(32)28-20-8-5-4-7-19(20)27-22(31)14-15-23-29-24(30-33-23)21-9-6-16-34-21/h4-13,16H,14-15H2,1-3H3,(H,27,31)(H,28,32). The normalized spacial score (nSPS) is 11.3. The summed E-state index contributed by atoms with van der Waals surface area (Å²) in [6.45, 7) is 6.38. The molecule has 0 radical (unpaired) electrons. The van der Waals surface area contributed by atoms with Gasteiger partial charge in [-0.3, -0.25) is 9.59 Å².